The number of H-pyrrole nitrogens is 1. The van der Waals surface area contributed by atoms with Crippen molar-refractivity contribution >= 4 is 52.2 Å². The van der Waals surface area contributed by atoms with Gasteiger partial charge in [0.1, 0.15) is 12.4 Å². The molecule has 4 aliphatic rings. The molecule has 8 nitrogen and oxygen atoms in total. The number of rotatable bonds is 7. The number of fused-ring (bicyclic) bond motifs is 9. The fraction of sp³-hybridized carbons (Fsp3) is 0.324. The fourth-order valence-corrected chi connectivity index (χ4v) is 11.1. The van der Waals surface area contributed by atoms with Crippen molar-refractivity contribution in [1.29, 1.82) is 0 Å². The number of carbonyl (C=O) groups excluding carboxylic acids is 2. The van der Waals surface area contributed by atoms with E-state index in [-0.39, 0.29) is 57.4 Å². The molecule has 2 saturated carbocycles. The lowest BCUT2D eigenvalue weighted by atomic mass is 9.68. The fourth-order valence-electron chi connectivity index (χ4n) is 8.11. The van der Waals surface area contributed by atoms with E-state index in [1.165, 1.54) is 16.2 Å². The van der Waals surface area contributed by atoms with E-state index >= 15 is 0 Å². The number of nitrogens with zero attached hydrogens (tertiary/aromatic N) is 1. The van der Waals surface area contributed by atoms with E-state index < -0.39 is 0 Å². The zero-order chi connectivity index (χ0) is 31.0. The number of aromatic nitrogens is 1. The van der Waals surface area contributed by atoms with Crippen LogP contribution in [-0.2, 0) is 16.2 Å². The summed E-state index contributed by atoms with van der Waals surface area (Å²) in [6, 6.07) is 20.5. The summed E-state index contributed by atoms with van der Waals surface area (Å²) in [7, 11) is 3.20. The number of halogens is 1. The molecule has 0 spiro atoms. The molecule has 230 valence electrons. The molecule has 2 aliphatic carbocycles. The number of amides is 2. The average Bonchev–Trinajstić information content (AvgIpc) is 3.79. The van der Waals surface area contributed by atoms with E-state index in [2.05, 4.69) is 4.98 Å². The standard InChI is InChI=1S/C34H29ClN2O6S2/c1-41-20-10-8-19(9-11-20)37-32(38)27-21-14-22(28(27)33(37)39)29-26(21)25(30-31(44-29)36-34(40)45-30)17-5-12-23(24(13-17)42-2)43-15-16-3-6-18(35)7-4-16/h3-13,21-22,25-29H,14-15H2,1-2H3,(H,36,40)/t21-,22-,25?,26?,27?,28?,29?/m1/s1. The normalized spacial score (nSPS) is 27.7. The Morgan fingerprint density at radius 2 is 1.62 bits per heavy atom. The number of hydrogen-bond acceptors (Lipinski definition) is 8. The molecule has 0 radical (unpaired) electrons. The smallest absolute Gasteiger partial charge is 0.305 e. The zero-order valence-electron chi connectivity index (χ0n) is 24.4. The number of aromatic amines is 1. The van der Waals surface area contributed by atoms with Gasteiger partial charge in [-0.15, -0.1) is 11.8 Å². The van der Waals surface area contributed by atoms with Crippen molar-refractivity contribution in [2.24, 2.45) is 29.6 Å². The number of ether oxygens (including phenoxy) is 3. The van der Waals surface area contributed by atoms with Crippen LogP contribution in [-0.4, -0.2) is 36.3 Å². The quantitative estimate of drug-likeness (QED) is 0.230. The second-order valence-corrected chi connectivity index (χ2v) is 14.6. The highest BCUT2D eigenvalue weighted by atomic mass is 35.5. The van der Waals surface area contributed by atoms with Gasteiger partial charge in [0, 0.05) is 21.1 Å². The van der Waals surface area contributed by atoms with Crippen molar-refractivity contribution in [3.05, 3.63) is 97.4 Å². The molecule has 11 heteroatoms. The minimum absolute atomic E-state index is 0.0133. The van der Waals surface area contributed by atoms with E-state index in [1.54, 1.807) is 50.2 Å². The van der Waals surface area contributed by atoms with E-state index in [9.17, 15) is 14.4 Å². The third-order valence-corrected chi connectivity index (χ3v) is 12.7. The third kappa shape index (κ3) is 4.52. The SMILES string of the molecule is COc1ccc(N2C(=O)C3C(C2=O)[C@@H]2C[C@H]3C3Sc4[nH]c(=O)sc4C(c4ccc(OCc5ccc(Cl)cc5)c(OC)c4)C32)cc1. The summed E-state index contributed by atoms with van der Waals surface area (Å²) in [5.74, 6) is 0.908. The molecular weight excluding hydrogens is 632 g/mol. The van der Waals surface area contributed by atoms with Crippen LogP contribution in [0.3, 0.4) is 0 Å². The summed E-state index contributed by atoms with van der Waals surface area (Å²) < 4.78 is 17.2. The molecule has 1 saturated heterocycles. The van der Waals surface area contributed by atoms with Gasteiger partial charge < -0.3 is 19.2 Å². The molecule has 1 N–H and O–H groups in total. The van der Waals surface area contributed by atoms with E-state index in [0.717, 1.165) is 27.5 Å². The number of imide groups is 1. The van der Waals surface area contributed by atoms with Gasteiger partial charge in [0.25, 0.3) is 0 Å². The van der Waals surface area contributed by atoms with Gasteiger partial charge in [-0.3, -0.25) is 19.3 Å². The van der Waals surface area contributed by atoms with Gasteiger partial charge in [-0.25, -0.2) is 0 Å². The summed E-state index contributed by atoms with van der Waals surface area (Å²) in [5.41, 5.74) is 2.56. The maximum atomic E-state index is 14.0. The number of anilines is 1. The van der Waals surface area contributed by atoms with Gasteiger partial charge in [-0.1, -0.05) is 41.1 Å². The third-order valence-electron chi connectivity index (χ3n) is 9.91. The second-order valence-electron chi connectivity index (χ2n) is 12.0. The highest BCUT2D eigenvalue weighted by Crippen LogP contribution is 2.68. The molecule has 1 aromatic heterocycles. The number of nitrogens with one attached hydrogen (secondary N) is 1. The van der Waals surface area contributed by atoms with E-state index in [1.807, 2.05) is 42.5 Å². The molecule has 2 amide bonds. The van der Waals surface area contributed by atoms with Crippen molar-refractivity contribution in [1.82, 2.24) is 4.98 Å². The molecule has 3 fully saturated rings. The first-order valence-corrected chi connectivity index (χ1v) is 16.9. The Morgan fingerprint density at radius 3 is 2.33 bits per heavy atom. The Labute approximate surface area is 272 Å². The maximum absolute atomic E-state index is 14.0. The first-order valence-electron chi connectivity index (χ1n) is 14.8. The molecule has 7 atom stereocenters. The van der Waals surface area contributed by atoms with Crippen LogP contribution in [0.4, 0.5) is 5.69 Å². The first kappa shape index (κ1) is 28.7. The summed E-state index contributed by atoms with van der Waals surface area (Å²) in [4.78, 5) is 45.9. The van der Waals surface area contributed by atoms with Crippen LogP contribution in [0.15, 0.2) is 76.6 Å². The van der Waals surface area contributed by atoms with Gasteiger partial charge >= 0.3 is 4.87 Å². The molecular formula is C34H29ClN2O6S2. The van der Waals surface area contributed by atoms with Crippen LogP contribution < -0.4 is 24.0 Å². The Bertz CT molecular complexity index is 1870. The highest BCUT2D eigenvalue weighted by molar-refractivity contribution is 8.00. The average molecular weight is 661 g/mol. The Kier molecular flexibility index (Phi) is 7.00. The summed E-state index contributed by atoms with van der Waals surface area (Å²) in [6.45, 7) is 0.356. The molecule has 4 aromatic rings. The Morgan fingerprint density at radius 1 is 0.889 bits per heavy atom. The Balaban J connectivity index is 1.13. The second kappa shape index (κ2) is 11.0. The van der Waals surface area contributed by atoms with Crippen LogP contribution in [0.25, 0.3) is 0 Å². The molecule has 45 heavy (non-hydrogen) atoms. The van der Waals surface area contributed by atoms with E-state index in [4.69, 9.17) is 25.8 Å². The number of carbonyl (C=O) groups is 2. The van der Waals surface area contributed by atoms with Crippen LogP contribution in [0.1, 0.15) is 28.3 Å². The number of thioether (sulfide) groups is 1. The lowest BCUT2D eigenvalue weighted by Crippen LogP contribution is -2.42. The van der Waals surface area contributed by atoms with Crippen molar-refractivity contribution < 1.29 is 23.8 Å². The maximum Gasteiger partial charge on any atom is 0.305 e. The summed E-state index contributed by atoms with van der Waals surface area (Å²) in [5, 5.41) is 1.63. The van der Waals surface area contributed by atoms with Crippen LogP contribution >= 0.6 is 34.7 Å². The van der Waals surface area contributed by atoms with Gasteiger partial charge in [0.2, 0.25) is 11.8 Å². The van der Waals surface area contributed by atoms with Crippen LogP contribution in [0.5, 0.6) is 17.2 Å². The van der Waals surface area contributed by atoms with Gasteiger partial charge in [0.05, 0.1) is 36.8 Å². The largest absolute Gasteiger partial charge is 0.497 e. The number of methoxy groups -OCH3 is 2. The minimum atomic E-state index is -0.380. The van der Waals surface area contributed by atoms with Crippen LogP contribution in [0, 0.1) is 29.6 Å². The molecule has 8 rings (SSSR count). The highest BCUT2D eigenvalue weighted by Gasteiger charge is 2.69. The monoisotopic (exact) mass is 660 g/mol. The Hall–Kier alpha value is -3.73. The molecule has 3 aromatic carbocycles. The number of thiazole rings is 1. The lowest BCUT2D eigenvalue weighted by Gasteiger charge is -2.43. The van der Waals surface area contributed by atoms with Crippen molar-refractivity contribution in [3.8, 4) is 17.2 Å². The predicted octanol–water partition coefficient (Wildman–Crippen LogP) is 6.36. The van der Waals surface area contributed by atoms with Gasteiger partial charge in [-0.05, 0) is 83.8 Å². The number of benzene rings is 3. The van der Waals surface area contributed by atoms with Gasteiger partial charge in [-0.2, -0.15) is 0 Å². The van der Waals surface area contributed by atoms with Gasteiger partial charge in [0.15, 0.2) is 11.5 Å². The topological polar surface area (TPSA) is 97.9 Å². The van der Waals surface area contributed by atoms with Crippen LogP contribution in [0.2, 0.25) is 5.02 Å². The lowest BCUT2D eigenvalue weighted by molar-refractivity contribution is -0.123. The molecule has 2 aliphatic heterocycles. The summed E-state index contributed by atoms with van der Waals surface area (Å²) in [6.07, 6.45) is 0.820. The number of hydrogen-bond donors (Lipinski definition) is 1. The van der Waals surface area contributed by atoms with E-state index in [0.29, 0.717) is 34.6 Å². The van der Waals surface area contributed by atoms with Crippen molar-refractivity contribution in [3.63, 3.8) is 0 Å². The van der Waals surface area contributed by atoms with Crippen molar-refractivity contribution in [2.75, 3.05) is 19.1 Å². The van der Waals surface area contributed by atoms with Crippen molar-refractivity contribution in [2.45, 2.75) is 29.2 Å². The minimum Gasteiger partial charge on any atom is -0.497 e. The first-order chi connectivity index (χ1) is 21.9. The predicted molar refractivity (Wildman–Crippen MR) is 173 cm³/mol. The molecule has 2 bridgehead atoms. The molecule has 3 heterocycles. The zero-order valence-corrected chi connectivity index (χ0v) is 26.8. The summed E-state index contributed by atoms with van der Waals surface area (Å²) >= 11 is 8.94. The molecule has 5 unspecified atom stereocenters.